The maximum absolute atomic E-state index is 10.6. The molecule has 108 valence electrons. The summed E-state index contributed by atoms with van der Waals surface area (Å²) in [5, 5.41) is 14.1. The summed E-state index contributed by atoms with van der Waals surface area (Å²) in [6, 6.07) is 6.83. The topological polar surface area (TPSA) is 50.1 Å². The van der Waals surface area contributed by atoms with Crippen molar-refractivity contribution >= 4 is 11.0 Å². The van der Waals surface area contributed by atoms with Gasteiger partial charge in [-0.1, -0.05) is 13.0 Å². The molecule has 1 saturated carbocycles. The zero-order valence-electron chi connectivity index (χ0n) is 12.4. The van der Waals surface area contributed by atoms with Crippen molar-refractivity contribution in [1.82, 2.24) is 14.9 Å². The molecule has 0 aliphatic heterocycles. The lowest BCUT2D eigenvalue weighted by molar-refractivity contribution is 0.125. The van der Waals surface area contributed by atoms with Gasteiger partial charge in [0.1, 0.15) is 5.82 Å². The molecule has 1 heterocycles. The zero-order chi connectivity index (χ0) is 14.3. The SMILES string of the molecule is CCC(NC1CC1)C(O)c1ccc2c(c1)nc(C)n2C. The van der Waals surface area contributed by atoms with Gasteiger partial charge in [-0.05, 0) is 43.9 Å². The Morgan fingerprint density at radius 2 is 2.20 bits per heavy atom. The first-order valence-electron chi connectivity index (χ1n) is 7.47. The van der Waals surface area contributed by atoms with Crippen molar-refractivity contribution in [2.45, 2.75) is 51.3 Å². The normalized spacial score (nSPS) is 18.4. The summed E-state index contributed by atoms with van der Waals surface area (Å²) in [6.07, 6.45) is 2.94. The van der Waals surface area contributed by atoms with Gasteiger partial charge in [-0.3, -0.25) is 0 Å². The van der Waals surface area contributed by atoms with Crippen molar-refractivity contribution in [3.8, 4) is 0 Å². The minimum Gasteiger partial charge on any atom is -0.387 e. The molecule has 1 aliphatic rings. The van der Waals surface area contributed by atoms with Crippen LogP contribution in [-0.2, 0) is 7.05 Å². The number of nitrogens with one attached hydrogen (secondary N) is 1. The molecule has 0 saturated heterocycles. The van der Waals surface area contributed by atoms with Crippen LogP contribution < -0.4 is 5.32 Å². The van der Waals surface area contributed by atoms with E-state index in [9.17, 15) is 5.11 Å². The summed E-state index contributed by atoms with van der Waals surface area (Å²) in [4.78, 5) is 4.55. The largest absolute Gasteiger partial charge is 0.387 e. The number of aliphatic hydroxyl groups is 1. The van der Waals surface area contributed by atoms with E-state index in [1.807, 2.05) is 26.1 Å². The number of hydrogen-bond donors (Lipinski definition) is 2. The number of aliphatic hydroxyl groups excluding tert-OH is 1. The average molecular weight is 273 g/mol. The van der Waals surface area contributed by atoms with Crippen LogP contribution in [0.2, 0.25) is 0 Å². The second-order valence-electron chi connectivity index (χ2n) is 5.87. The number of nitrogens with zero attached hydrogens (tertiary/aromatic N) is 2. The lowest BCUT2D eigenvalue weighted by atomic mass is 9.99. The molecule has 3 rings (SSSR count). The Labute approximate surface area is 119 Å². The molecule has 0 radical (unpaired) electrons. The molecule has 2 aromatic rings. The first-order chi connectivity index (χ1) is 9.60. The molecule has 4 heteroatoms. The highest BCUT2D eigenvalue weighted by molar-refractivity contribution is 5.76. The third-order valence-corrected chi connectivity index (χ3v) is 4.32. The summed E-state index contributed by atoms with van der Waals surface area (Å²) < 4.78 is 2.07. The van der Waals surface area contributed by atoms with Crippen molar-refractivity contribution < 1.29 is 5.11 Å². The van der Waals surface area contributed by atoms with Gasteiger partial charge < -0.3 is 15.0 Å². The first kappa shape index (κ1) is 13.6. The Bertz CT molecular complexity index is 615. The average Bonchev–Trinajstić information content (AvgIpc) is 3.22. The van der Waals surface area contributed by atoms with E-state index in [1.165, 1.54) is 12.8 Å². The van der Waals surface area contributed by atoms with Crippen molar-refractivity contribution in [3.63, 3.8) is 0 Å². The van der Waals surface area contributed by atoms with Crippen molar-refractivity contribution in [2.24, 2.45) is 7.05 Å². The van der Waals surface area contributed by atoms with Gasteiger partial charge in [-0.25, -0.2) is 4.98 Å². The molecule has 0 bridgehead atoms. The molecule has 20 heavy (non-hydrogen) atoms. The molecule has 0 spiro atoms. The van der Waals surface area contributed by atoms with Crippen LogP contribution in [0.1, 0.15) is 43.7 Å². The van der Waals surface area contributed by atoms with E-state index in [0.717, 1.165) is 28.8 Å². The van der Waals surface area contributed by atoms with E-state index in [2.05, 4.69) is 27.9 Å². The fourth-order valence-corrected chi connectivity index (χ4v) is 2.74. The minimum absolute atomic E-state index is 0.129. The molecule has 1 aliphatic carbocycles. The molecular weight excluding hydrogens is 250 g/mol. The molecular formula is C16H23N3O. The van der Waals surface area contributed by atoms with Crippen molar-refractivity contribution in [2.75, 3.05) is 0 Å². The van der Waals surface area contributed by atoms with E-state index in [-0.39, 0.29) is 6.04 Å². The lowest BCUT2D eigenvalue weighted by Gasteiger charge is -2.23. The van der Waals surface area contributed by atoms with Crippen LogP contribution in [0.15, 0.2) is 18.2 Å². The quantitative estimate of drug-likeness (QED) is 0.879. The molecule has 2 atom stereocenters. The molecule has 1 aromatic heterocycles. The van der Waals surface area contributed by atoms with E-state index in [4.69, 9.17) is 0 Å². The zero-order valence-corrected chi connectivity index (χ0v) is 12.4. The third-order valence-electron chi connectivity index (χ3n) is 4.32. The number of rotatable bonds is 5. The van der Waals surface area contributed by atoms with E-state index < -0.39 is 6.10 Å². The van der Waals surface area contributed by atoms with Crippen LogP contribution in [0.3, 0.4) is 0 Å². The van der Waals surface area contributed by atoms with Gasteiger partial charge in [0.05, 0.1) is 17.1 Å². The number of hydrogen-bond acceptors (Lipinski definition) is 3. The summed E-state index contributed by atoms with van der Waals surface area (Å²) in [5.74, 6) is 0.995. The Kier molecular flexibility index (Phi) is 3.52. The lowest BCUT2D eigenvalue weighted by Crippen LogP contribution is -2.35. The fourth-order valence-electron chi connectivity index (χ4n) is 2.74. The molecule has 2 N–H and O–H groups in total. The van der Waals surface area contributed by atoms with E-state index in [0.29, 0.717) is 6.04 Å². The summed E-state index contributed by atoms with van der Waals surface area (Å²) in [6.45, 7) is 4.12. The first-order valence-corrected chi connectivity index (χ1v) is 7.47. The van der Waals surface area contributed by atoms with Crippen LogP contribution >= 0.6 is 0 Å². The predicted octanol–water partition coefficient (Wildman–Crippen LogP) is 2.45. The number of aromatic nitrogens is 2. The van der Waals surface area contributed by atoms with Gasteiger partial charge >= 0.3 is 0 Å². The molecule has 1 aromatic carbocycles. The predicted molar refractivity (Wildman–Crippen MR) is 80.6 cm³/mol. The van der Waals surface area contributed by atoms with E-state index >= 15 is 0 Å². The van der Waals surface area contributed by atoms with Crippen molar-refractivity contribution in [1.29, 1.82) is 0 Å². The van der Waals surface area contributed by atoms with Gasteiger partial charge in [0.15, 0.2) is 0 Å². The highest BCUT2D eigenvalue weighted by Crippen LogP contribution is 2.27. The van der Waals surface area contributed by atoms with Gasteiger partial charge in [0.25, 0.3) is 0 Å². The van der Waals surface area contributed by atoms with Crippen LogP contribution in [0.5, 0.6) is 0 Å². The molecule has 1 fully saturated rings. The number of fused-ring (bicyclic) bond motifs is 1. The Balaban J connectivity index is 1.87. The fraction of sp³-hybridized carbons (Fsp3) is 0.562. The van der Waals surface area contributed by atoms with Gasteiger partial charge in [0, 0.05) is 19.1 Å². The standard InChI is InChI=1S/C16H23N3O/c1-4-13(18-12-6-7-12)16(20)11-5-8-15-14(9-11)17-10(2)19(15)3/h5,8-9,12-13,16,18,20H,4,6-7H2,1-3H3. The maximum Gasteiger partial charge on any atom is 0.106 e. The Morgan fingerprint density at radius 3 is 2.85 bits per heavy atom. The second-order valence-corrected chi connectivity index (χ2v) is 5.87. The molecule has 4 nitrogen and oxygen atoms in total. The van der Waals surface area contributed by atoms with Gasteiger partial charge in [-0.15, -0.1) is 0 Å². The Hall–Kier alpha value is -1.39. The van der Waals surface area contributed by atoms with Crippen molar-refractivity contribution in [3.05, 3.63) is 29.6 Å². The van der Waals surface area contributed by atoms with Crippen LogP contribution in [0, 0.1) is 6.92 Å². The highest BCUT2D eigenvalue weighted by Gasteiger charge is 2.28. The summed E-state index contributed by atoms with van der Waals surface area (Å²) >= 11 is 0. The third kappa shape index (κ3) is 2.45. The maximum atomic E-state index is 10.6. The van der Waals surface area contributed by atoms with Crippen LogP contribution in [-0.4, -0.2) is 26.7 Å². The monoisotopic (exact) mass is 273 g/mol. The molecule has 2 unspecified atom stereocenters. The van der Waals surface area contributed by atoms with Gasteiger partial charge in [0.2, 0.25) is 0 Å². The number of aryl methyl sites for hydroxylation is 2. The van der Waals surface area contributed by atoms with Gasteiger partial charge in [-0.2, -0.15) is 0 Å². The smallest absolute Gasteiger partial charge is 0.106 e. The summed E-state index contributed by atoms with van der Waals surface area (Å²) in [5.41, 5.74) is 3.03. The number of benzene rings is 1. The highest BCUT2D eigenvalue weighted by atomic mass is 16.3. The number of imidazole rings is 1. The Morgan fingerprint density at radius 1 is 1.45 bits per heavy atom. The van der Waals surface area contributed by atoms with Crippen LogP contribution in [0.25, 0.3) is 11.0 Å². The summed E-state index contributed by atoms with van der Waals surface area (Å²) in [7, 11) is 2.02. The second kappa shape index (κ2) is 5.19. The molecule has 0 amide bonds. The minimum atomic E-state index is -0.465. The van der Waals surface area contributed by atoms with E-state index in [1.54, 1.807) is 0 Å². The van der Waals surface area contributed by atoms with Crippen LogP contribution in [0.4, 0.5) is 0 Å².